The molecule has 2 heterocycles. The molecule has 140 valence electrons. The van der Waals surface area contributed by atoms with Crippen LogP contribution >= 0.6 is 0 Å². The molecule has 0 aliphatic carbocycles. The molecule has 2 amide bonds. The lowest BCUT2D eigenvalue weighted by molar-refractivity contribution is 0.0603. The number of carbonyl (C=O) groups is 2. The molecule has 1 spiro atoms. The number of nitrogens with one attached hydrogen (secondary N) is 1. The Morgan fingerprint density at radius 3 is 2.48 bits per heavy atom. The summed E-state index contributed by atoms with van der Waals surface area (Å²) in [4.78, 5) is 29.7. The fraction of sp³-hybridized carbons (Fsp3) is 0.364. The molecule has 0 saturated carbocycles. The van der Waals surface area contributed by atoms with E-state index in [2.05, 4.69) is 29.3 Å². The molecule has 5 heteroatoms. The van der Waals surface area contributed by atoms with Crippen molar-refractivity contribution in [3.05, 3.63) is 65.2 Å². The van der Waals surface area contributed by atoms with Crippen LogP contribution in [0.3, 0.4) is 0 Å². The maximum Gasteiger partial charge on any atom is 0.255 e. The van der Waals surface area contributed by atoms with Crippen molar-refractivity contribution in [3.8, 4) is 0 Å². The van der Waals surface area contributed by atoms with Gasteiger partial charge < -0.3 is 15.1 Å². The van der Waals surface area contributed by atoms with Crippen LogP contribution in [0.25, 0.3) is 0 Å². The zero-order valence-corrected chi connectivity index (χ0v) is 15.9. The van der Waals surface area contributed by atoms with Gasteiger partial charge in [0.1, 0.15) is 5.66 Å². The van der Waals surface area contributed by atoms with Crippen molar-refractivity contribution in [2.24, 2.45) is 0 Å². The molecule has 0 unspecified atom stereocenters. The zero-order valence-electron chi connectivity index (χ0n) is 15.9. The van der Waals surface area contributed by atoms with Gasteiger partial charge in [0.15, 0.2) is 0 Å². The Labute approximate surface area is 160 Å². The van der Waals surface area contributed by atoms with Crippen LogP contribution < -0.4 is 10.2 Å². The summed E-state index contributed by atoms with van der Waals surface area (Å²) in [6.45, 7) is 6.19. The van der Waals surface area contributed by atoms with Crippen LogP contribution in [0.4, 0.5) is 5.69 Å². The molecule has 0 aromatic heterocycles. The van der Waals surface area contributed by atoms with E-state index >= 15 is 0 Å². The number of benzene rings is 2. The van der Waals surface area contributed by atoms with Gasteiger partial charge in [0.25, 0.3) is 11.8 Å². The smallest absolute Gasteiger partial charge is 0.255 e. The molecule has 27 heavy (non-hydrogen) atoms. The van der Waals surface area contributed by atoms with Crippen LogP contribution in [0.5, 0.6) is 0 Å². The van der Waals surface area contributed by atoms with E-state index in [0.717, 1.165) is 36.2 Å². The predicted octanol–water partition coefficient (Wildman–Crippen LogP) is 3.20. The summed E-state index contributed by atoms with van der Waals surface area (Å²) >= 11 is 0. The Bertz CT molecular complexity index is 870. The summed E-state index contributed by atoms with van der Waals surface area (Å²) < 4.78 is 0. The minimum Gasteiger partial charge on any atom is -0.348 e. The molecule has 0 bridgehead atoms. The highest BCUT2D eigenvalue weighted by molar-refractivity contribution is 6.03. The minimum absolute atomic E-state index is 0.0127. The van der Waals surface area contributed by atoms with Crippen LogP contribution in [0, 0.1) is 6.92 Å². The molecular weight excluding hydrogens is 338 g/mol. The Hall–Kier alpha value is -2.82. The van der Waals surface area contributed by atoms with Crippen molar-refractivity contribution < 1.29 is 9.59 Å². The van der Waals surface area contributed by atoms with Crippen LogP contribution in [-0.2, 0) is 0 Å². The Kier molecular flexibility index (Phi) is 4.38. The zero-order chi connectivity index (χ0) is 19.0. The van der Waals surface area contributed by atoms with Crippen molar-refractivity contribution >= 4 is 17.5 Å². The van der Waals surface area contributed by atoms with E-state index in [1.807, 2.05) is 48.2 Å². The van der Waals surface area contributed by atoms with E-state index in [-0.39, 0.29) is 11.8 Å². The maximum absolute atomic E-state index is 12.8. The largest absolute Gasteiger partial charge is 0.348 e. The first kappa shape index (κ1) is 17.6. The molecular formula is C22H25N3O2. The van der Waals surface area contributed by atoms with Gasteiger partial charge in [0, 0.05) is 38.0 Å². The normalized spacial score (nSPS) is 18.2. The minimum atomic E-state index is -0.415. The van der Waals surface area contributed by atoms with Gasteiger partial charge in [-0.25, -0.2) is 0 Å². The van der Waals surface area contributed by atoms with Gasteiger partial charge in [-0.3, -0.25) is 9.59 Å². The number of anilines is 1. The predicted molar refractivity (Wildman–Crippen MR) is 106 cm³/mol. The number of rotatable bonds is 2. The quantitative estimate of drug-likeness (QED) is 0.891. The molecule has 4 rings (SSSR count). The fourth-order valence-corrected chi connectivity index (χ4v) is 4.35. The maximum atomic E-state index is 12.8. The third-order valence-corrected chi connectivity index (χ3v) is 5.77. The molecule has 1 N–H and O–H groups in total. The SMILES string of the molecule is CCN1c2ccc(C)cc2C(=O)NC12CCN(C(=O)c1ccccc1)CC2. The summed E-state index contributed by atoms with van der Waals surface area (Å²) in [7, 11) is 0. The molecule has 1 saturated heterocycles. The van der Waals surface area contributed by atoms with Crippen LogP contribution in [0.1, 0.15) is 46.0 Å². The average Bonchev–Trinajstić information content (AvgIpc) is 2.69. The summed E-state index contributed by atoms with van der Waals surface area (Å²) in [5.74, 6) is 0.0490. The average molecular weight is 363 g/mol. The van der Waals surface area contributed by atoms with Gasteiger partial charge in [-0.2, -0.15) is 0 Å². The second-order valence-electron chi connectivity index (χ2n) is 7.41. The third kappa shape index (κ3) is 2.97. The van der Waals surface area contributed by atoms with Gasteiger partial charge in [-0.15, -0.1) is 0 Å². The van der Waals surface area contributed by atoms with E-state index in [9.17, 15) is 9.59 Å². The van der Waals surface area contributed by atoms with E-state index in [0.29, 0.717) is 18.7 Å². The Balaban J connectivity index is 1.57. The van der Waals surface area contributed by atoms with Crippen LogP contribution in [0.2, 0.25) is 0 Å². The number of hydrogen-bond donors (Lipinski definition) is 1. The van der Waals surface area contributed by atoms with Gasteiger partial charge in [-0.1, -0.05) is 29.8 Å². The highest BCUT2D eigenvalue weighted by Gasteiger charge is 2.45. The van der Waals surface area contributed by atoms with E-state index in [1.54, 1.807) is 0 Å². The first-order valence-electron chi connectivity index (χ1n) is 9.59. The van der Waals surface area contributed by atoms with Gasteiger partial charge in [-0.05, 0) is 38.1 Å². The highest BCUT2D eigenvalue weighted by Crippen LogP contribution is 2.37. The first-order chi connectivity index (χ1) is 13.0. The summed E-state index contributed by atoms with van der Waals surface area (Å²) in [5, 5.41) is 3.26. The number of nitrogens with zero attached hydrogens (tertiary/aromatic N) is 2. The van der Waals surface area contributed by atoms with Crippen molar-refractivity contribution in [1.29, 1.82) is 0 Å². The van der Waals surface area contributed by atoms with E-state index in [4.69, 9.17) is 0 Å². The molecule has 2 aromatic rings. The summed E-state index contributed by atoms with van der Waals surface area (Å²) in [6.07, 6.45) is 1.44. The van der Waals surface area contributed by atoms with Crippen molar-refractivity contribution in [3.63, 3.8) is 0 Å². The molecule has 0 atom stereocenters. The number of hydrogen-bond acceptors (Lipinski definition) is 3. The first-order valence-corrected chi connectivity index (χ1v) is 9.59. The molecule has 2 aliphatic heterocycles. The van der Waals surface area contributed by atoms with Gasteiger partial charge in [0.05, 0.1) is 11.3 Å². The van der Waals surface area contributed by atoms with Crippen molar-refractivity contribution in [2.45, 2.75) is 32.4 Å². The topological polar surface area (TPSA) is 52.7 Å². The van der Waals surface area contributed by atoms with Gasteiger partial charge in [0.2, 0.25) is 0 Å². The number of amides is 2. The molecule has 2 aromatic carbocycles. The Morgan fingerprint density at radius 2 is 1.81 bits per heavy atom. The molecule has 1 fully saturated rings. The summed E-state index contributed by atoms with van der Waals surface area (Å²) in [6, 6.07) is 15.5. The second-order valence-corrected chi connectivity index (χ2v) is 7.41. The number of piperidine rings is 1. The third-order valence-electron chi connectivity index (χ3n) is 5.77. The second kappa shape index (κ2) is 6.72. The Morgan fingerprint density at radius 1 is 1.11 bits per heavy atom. The van der Waals surface area contributed by atoms with E-state index < -0.39 is 5.66 Å². The highest BCUT2D eigenvalue weighted by atomic mass is 16.2. The van der Waals surface area contributed by atoms with E-state index in [1.165, 1.54) is 0 Å². The van der Waals surface area contributed by atoms with Crippen LogP contribution in [-0.4, -0.2) is 42.0 Å². The van der Waals surface area contributed by atoms with Gasteiger partial charge >= 0.3 is 0 Å². The van der Waals surface area contributed by atoms with Crippen molar-refractivity contribution in [1.82, 2.24) is 10.2 Å². The number of carbonyl (C=O) groups excluding carboxylic acids is 2. The lowest BCUT2D eigenvalue weighted by Gasteiger charge is -2.52. The fourth-order valence-electron chi connectivity index (χ4n) is 4.35. The lowest BCUT2D eigenvalue weighted by atomic mass is 9.89. The lowest BCUT2D eigenvalue weighted by Crippen LogP contribution is -2.68. The molecule has 2 aliphatic rings. The summed E-state index contributed by atoms with van der Waals surface area (Å²) in [5.41, 5.74) is 3.12. The number of aryl methyl sites for hydroxylation is 1. The number of fused-ring (bicyclic) bond motifs is 1. The standard InChI is InChI=1S/C22H25N3O2/c1-3-25-19-10-9-16(2)15-18(19)20(26)23-22(25)11-13-24(14-12-22)21(27)17-7-5-4-6-8-17/h4-10,15H,3,11-14H2,1-2H3,(H,23,26). The number of likely N-dealkylation sites (tertiary alicyclic amines) is 1. The molecule has 5 nitrogen and oxygen atoms in total. The van der Waals surface area contributed by atoms with Crippen molar-refractivity contribution in [2.75, 3.05) is 24.5 Å². The van der Waals surface area contributed by atoms with Crippen LogP contribution in [0.15, 0.2) is 48.5 Å². The molecule has 0 radical (unpaired) electrons. The monoisotopic (exact) mass is 363 g/mol.